The average molecular weight is 216 g/mol. The van der Waals surface area contributed by atoms with Crippen molar-refractivity contribution in [2.24, 2.45) is 5.41 Å². The van der Waals surface area contributed by atoms with Gasteiger partial charge in [-0.05, 0) is 34.3 Å². The molecule has 1 N–H and O–H groups in total. The summed E-state index contributed by atoms with van der Waals surface area (Å²) in [5.41, 5.74) is 1.42. The molecule has 1 aromatic carbocycles. The Kier molecular flexibility index (Phi) is 2.90. The summed E-state index contributed by atoms with van der Waals surface area (Å²) in [5.74, 6) is 0. The Morgan fingerprint density at radius 2 is 1.94 bits per heavy atom. The summed E-state index contributed by atoms with van der Waals surface area (Å²) in [4.78, 5) is 0. The zero-order valence-corrected chi connectivity index (χ0v) is 10.3. The van der Waals surface area contributed by atoms with Crippen molar-refractivity contribution in [3.8, 4) is 0 Å². The van der Waals surface area contributed by atoms with Gasteiger partial charge in [-0.1, -0.05) is 51.1 Å². The second-order valence-electron chi connectivity index (χ2n) is 5.81. The molecule has 0 bridgehead atoms. The highest BCUT2D eigenvalue weighted by molar-refractivity contribution is 5.55. The second kappa shape index (κ2) is 4.06. The van der Waals surface area contributed by atoms with E-state index in [1.54, 1.807) is 0 Å². The van der Waals surface area contributed by atoms with E-state index in [4.69, 9.17) is 0 Å². The average Bonchev–Trinajstić information content (AvgIpc) is 2.21. The molecular formula is C15H20O. The van der Waals surface area contributed by atoms with Gasteiger partial charge in [-0.3, -0.25) is 0 Å². The molecule has 0 amide bonds. The Bertz CT molecular complexity index is 491. The monoisotopic (exact) mass is 216 g/mol. The van der Waals surface area contributed by atoms with E-state index in [2.05, 4.69) is 45.0 Å². The van der Waals surface area contributed by atoms with Crippen molar-refractivity contribution < 1.29 is 5.11 Å². The summed E-state index contributed by atoms with van der Waals surface area (Å²) < 4.78 is 0. The van der Waals surface area contributed by atoms with Gasteiger partial charge in [0.05, 0.1) is 6.10 Å². The largest absolute Gasteiger partial charge is 0.388 e. The molecule has 0 radical (unpaired) electrons. The van der Waals surface area contributed by atoms with Crippen LogP contribution in [-0.2, 0) is 0 Å². The summed E-state index contributed by atoms with van der Waals surface area (Å²) >= 11 is 0. The van der Waals surface area contributed by atoms with E-state index >= 15 is 0 Å². The lowest BCUT2D eigenvalue weighted by atomic mass is 9.82. The Labute approximate surface area is 97.1 Å². The van der Waals surface area contributed by atoms with Crippen LogP contribution in [0.4, 0.5) is 0 Å². The molecule has 0 aliphatic heterocycles. The molecule has 1 aliphatic carbocycles. The van der Waals surface area contributed by atoms with Crippen LogP contribution in [-0.4, -0.2) is 11.2 Å². The normalized spacial score (nSPS) is 20.2. The SMILES string of the molecule is CC(C)(C)CC1=c2ccccc2=CCC1O. The number of aliphatic hydroxyl groups excluding tert-OH is 1. The highest BCUT2D eigenvalue weighted by Crippen LogP contribution is 2.27. The first-order valence-electron chi connectivity index (χ1n) is 5.94. The molecule has 1 atom stereocenters. The lowest BCUT2D eigenvalue weighted by Gasteiger charge is -2.25. The Balaban J connectivity index is 2.59. The number of hydrogen-bond acceptors (Lipinski definition) is 1. The molecule has 16 heavy (non-hydrogen) atoms. The second-order valence-corrected chi connectivity index (χ2v) is 5.81. The topological polar surface area (TPSA) is 20.2 Å². The number of fused-ring (bicyclic) bond motifs is 1. The quantitative estimate of drug-likeness (QED) is 0.759. The van der Waals surface area contributed by atoms with Crippen LogP contribution in [0, 0.1) is 5.41 Å². The van der Waals surface area contributed by atoms with Gasteiger partial charge in [0, 0.05) is 0 Å². The van der Waals surface area contributed by atoms with Crippen LogP contribution in [0.15, 0.2) is 24.3 Å². The van der Waals surface area contributed by atoms with Crippen molar-refractivity contribution in [2.75, 3.05) is 0 Å². The smallest absolute Gasteiger partial charge is 0.0794 e. The van der Waals surface area contributed by atoms with E-state index in [0.717, 1.165) is 12.8 Å². The van der Waals surface area contributed by atoms with E-state index in [0.29, 0.717) is 0 Å². The first-order valence-corrected chi connectivity index (χ1v) is 5.94. The van der Waals surface area contributed by atoms with Gasteiger partial charge >= 0.3 is 0 Å². The summed E-state index contributed by atoms with van der Waals surface area (Å²) in [6.07, 6.45) is 3.54. The maximum Gasteiger partial charge on any atom is 0.0794 e. The highest BCUT2D eigenvalue weighted by Gasteiger charge is 2.20. The number of aliphatic hydroxyl groups is 1. The van der Waals surface area contributed by atoms with Crippen LogP contribution in [0.25, 0.3) is 11.6 Å². The third kappa shape index (κ3) is 2.35. The van der Waals surface area contributed by atoms with Crippen molar-refractivity contribution in [1.29, 1.82) is 0 Å². The van der Waals surface area contributed by atoms with Gasteiger partial charge in [-0.25, -0.2) is 0 Å². The number of benzene rings is 1. The molecule has 1 nitrogen and oxygen atoms in total. The van der Waals surface area contributed by atoms with Crippen molar-refractivity contribution in [3.05, 3.63) is 34.7 Å². The molecule has 0 fully saturated rings. The minimum absolute atomic E-state index is 0.223. The van der Waals surface area contributed by atoms with Crippen molar-refractivity contribution in [2.45, 2.75) is 39.7 Å². The van der Waals surface area contributed by atoms with Gasteiger partial charge in [-0.2, -0.15) is 0 Å². The maximum absolute atomic E-state index is 10.1. The zero-order valence-electron chi connectivity index (χ0n) is 10.3. The number of rotatable bonds is 1. The minimum Gasteiger partial charge on any atom is -0.388 e. The summed E-state index contributed by atoms with van der Waals surface area (Å²) in [5, 5.41) is 12.6. The van der Waals surface area contributed by atoms with E-state index < -0.39 is 0 Å². The van der Waals surface area contributed by atoms with Crippen LogP contribution < -0.4 is 10.4 Å². The van der Waals surface area contributed by atoms with Crippen LogP contribution >= 0.6 is 0 Å². The van der Waals surface area contributed by atoms with Crippen molar-refractivity contribution >= 4 is 11.6 Å². The minimum atomic E-state index is -0.297. The van der Waals surface area contributed by atoms with E-state index in [9.17, 15) is 5.11 Å². The molecule has 0 heterocycles. The lowest BCUT2D eigenvalue weighted by molar-refractivity contribution is 0.226. The number of hydrogen-bond donors (Lipinski definition) is 1. The van der Waals surface area contributed by atoms with E-state index in [1.807, 2.05) is 6.07 Å². The molecule has 1 aliphatic rings. The predicted molar refractivity (Wildman–Crippen MR) is 68.3 cm³/mol. The molecule has 2 rings (SSSR count). The predicted octanol–water partition coefficient (Wildman–Crippen LogP) is 1.82. The Hall–Kier alpha value is -1.08. The van der Waals surface area contributed by atoms with Gasteiger partial charge in [0.2, 0.25) is 0 Å². The molecule has 1 aromatic rings. The summed E-state index contributed by atoms with van der Waals surface area (Å²) in [6.45, 7) is 6.65. The van der Waals surface area contributed by atoms with Crippen molar-refractivity contribution in [1.82, 2.24) is 0 Å². The van der Waals surface area contributed by atoms with Crippen molar-refractivity contribution in [3.63, 3.8) is 0 Å². The van der Waals surface area contributed by atoms with Gasteiger partial charge in [0.15, 0.2) is 0 Å². The van der Waals surface area contributed by atoms with Crippen LogP contribution in [0.5, 0.6) is 0 Å². The molecule has 0 saturated carbocycles. The maximum atomic E-state index is 10.1. The standard InChI is InChI=1S/C15H20O/c1-15(2,3)10-13-12-7-5-4-6-11(12)8-9-14(13)16/h4-8,14,16H,9-10H2,1-3H3. The fraction of sp³-hybridized carbons (Fsp3) is 0.467. The van der Waals surface area contributed by atoms with E-state index in [1.165, 1.54) is 16.0 Å². The summed E-state index contributed by atoms with van der Waals surface area (Å²) in [6, 6.07) is 8.36. The Morgan fingerprint density at radius 3 is 2.62 bits per heavy atom. The molecule has 1 heteroatoms. The third-order valence-electron chi connectivity index (χ3n) is 2.99. The molecule has 0 aromatic heterocycles. The zero-order chi connectivity index (χ0) is 11.8. The fourth-order valence-corrected chi connectivity index (χ4v) is 2.31. The van der Waals surface area contributed by atoms with Crippen LogP contribution in [0.2, 0.25) is 0 Å². The molecule has 1 unspecified atom stereocenters. The fourth-order valence-electron chi connectivity index (χ4n) is 2.31. The molecule has 86 valence electrons. The van der Waals surface area contributed by atoms with Gasteiger partial charge in [0.25, 0.3) is 0 Å². The molecular weight excluding hydrogens is 196 g/mol. The van der Waals surface area contributed by atoms with Gasteiger partial charge in [0.1, 0.15) is 0 Å². The van der Waals surface area contributed by atoms with Gasteiger partial charge in [-0.15, -0.1) is 0 Å². The molecule has 0 spiro atoms. The highest BCUT2D eigenvalue weighted by atomic mass is 16.3. The Morgan fingerprint density at radius 1 is 1.25 bits per heavy atom. The van der Waals surface area contributed by atoms with Crippen LogP contribution in [0.3, 0.4) is 0 Å². The van der Waals surface area contributed by atoms with Gasteiger partial charge < -0.3 is 5.11 Å². The first-order chi connectivity index (χ1) is 7.47. The molecule has 0 saturated heterocycles. The van der Waals surface area contributed by atoms with Crippen LogP contribution in [0.1, 0.15) is 33.6 Å². The lowest BCUT2D eigenvalue weighted by Crippen LogP contribution is -2.35. The van der Waals surface area contributed by atoms with E-state index in [-0.39, 0.29) is 11.5 Å². The third-order valence-corrected chi connectivity index (χ3v) is 2.99. The first kappa shape index (κ1) is 11.4. The summed E-state index contributed by atoms with van der Waals surface area (Å²) in [7, 11) is 0.